The zero-order valence-corrected chi connectivity index (χ0v) is 26.3. The number of amides is 1. The van der Waals surface area contributed by atoms with Crippen LogP contribution in [0.2, 0.25) is 0 Å². The predicted octanol–water partition coefficient (Wildman–Crippen LogP) is 4.78. The van der Waals surface area contributed by atoms with Crippen molar-refractivity contribution < 1.29 is 9.53 Å². The van der Waals surface area contributed by atoms with Gasteiger partial charge in [-0.15, -0.1) is 11.3 Å². The van der Waals surface area contributed by atoms with Gasteiger partial charge in [-0.1, -0.05) is 26.0 Å². The highest BCUT2D eigenvalue weighted by Gasteiger charge is 2.38. The normalized spacial score (nSPS) is 19.5. The van der Waals surface area contributed by atoms with Crippen molar-refractivity contribution >= 4 is 34.4 Å². The van der Waals surface area contributed by atoms with Crippen LogP contribution in [0.4, 0.5) is 17.2 Å². The summed E-state index contributed by atoms with van der Waals surface area (Å²) in [6, 6.07) is 10.3. The molecule has 1 radical (unpaired) electrons. The smallest absolute Gasteiger partial charge is 0.274 e. The molecule has 44 heavy (non-hydrogen) atoms. The first-order valence-corrected chi connectivity index (χ1v) is 16.2. The molecule has 0 bridgehead atoms. The van der Waals surface area contributed by atoms with E-state index < -0.39 is 0 Å². The first kappa shape index (κ1) is 27.8. The molecule has 3 aliphatic heterocycles. The van der Waals surface area contributed by atoms with Gasteiger partial charge in [-0.2, -0.15) is 5.10 Å². The molecule has 1 fully saturated rings. The fourth-order valence-corrected chi connectivity index (χ4v) is 8.84. The second kappa shape index (κ2) is 10.2. The van der Waals surface area contributed by atoms with Gasteiger partial charge >= 0.3 is 0 Å². The van der Waals surface area contributed by atoms with Gasteiger partial charge in [0.25, 0.3) is 11.5 Å². The predicted molar refractivity (Wildman–Crippen MR) is 173 cm³/mol. The third kappa shape index (κ3) is 4.53. The Morgan fingerprint density at radius 2 is 1.93 bits per heavy atom. The van der Waals surface area contributed by atoms with Crippen LogP contribution in [0.1, 0.15) is 50.8 Å². The monoisotopic (exact) mass is 609 g/mol. The van der Waals surface area contributed by atoms with E-state index in [4.69, 9.17) is 9.84 Å². The van der Waals surface area contributed by atoms with Crippen LogP contribution in [-0.2, 0) is 44.1 Å². The van der Waals surface area contributed by atoms with Gasteiger partial charge in [-0.3, -0.25) is 19.2 Å². The lowest BCUT2D eigenvalue weighted by molar-refractivity contribution is -0.0735. The summed E-state index contributed by atoms with van der Waals surface area (Å²) in [6.45, 7) is 13.9. The van der Waals surface area contributed by atoms with Crippen LogP contribution in [0.5, 0.6) is 0 Å². The Morgan fingerprint density at radius 1 is 1.09 bits per heavy atom. The van der Waals surface area contributed by atoms with Gasteiger partial charge in [0.2, 0.25) is 0 Å². The van der Waals surface area contributed by atoms with Gasteiger partial charge in [0.05, 0.1) is 36.4 Å². The summed E-state index contributed by atoms with van der Waals surface area (Å²) in [7, 11) is 1.76. The Balaban J connectivity index is 1.07. The van der Waals surface area contributed by atoms with Crippen molar-refractivity contribution in [2.45, 2.75) is 52.2 Å². The summed E-state index contributed by atoms with van der Waals surface area (Å²) in [6.07, 6.45) is 4.79. The molecule has 0 spiro atoms. The number of aromatic nitrogens is 3. The van der Waals surface area contributed by atoms with E-state index >= 15 is 0 Å². The summed E-state index contributed by atoms with van der Waals surface area (Å²) in [5.41, 5.74) is 7.72. The maximum atomic E-state index is 13.8. The van der Waals surface area contributed by atoms with Gasteiger partial charge in [-0.05, 0) is 66.0 Å². The van der Waals surface area contributed by atoms with E-state index in [-0.39, 0.29) is 16.9 Å². The number of rotatable bonds is 5. The van der Waals surface area contributed by atoms with E-state index in [0.717, 1.165) is 85.1 Å². The van der Waals surface area contributed by atoms with Gasteiger partial charge in [-0.25, -0.2) is 0 Å². The van der Waals surface area contributed by atoms with E-state index in [2.05, 4.69) is 31.0 Å². The molecule has 0 atom stereocenters. The molecule has 227 valence electrons. The maximum Gasteiger partial charge on any atom is 0.274 e. The molecule has 8 rings (SSSR count). The highest BCUT2D eigenvalue weighted by Crippen LogP contribution is 2.46. The average molecular weight is 610 g/mol. The van der Waals surface area contributed by atoms with Gasteiger partial charge in [0.15, 0.2) is 5.82 Å². The van der Waals surface area contributed by atoms with E-state index in [1.54, 1.807) is 23.0 Å². The molecular formula is C34H37N6O3S. The number of anilines is 3. The van der Waals surface area contributed by atoms with Crippen LogP contribution < -0.4 is 15.8 Å². The number of ether oxygens (including phenoxy) is 1. The second-order valence-electron chi connectivity index (χ2n) is 13.4. The number of hydrogen-bond acceptors (Lipinski definition) is 7. The molecule has 10 heteroatoms. The van der Waals surface area contributed by atoms with Crippen LogP contribution >= 0.6 is 11.3 Å². The molecule has 9 nitrogen and oxygen atoms in total. The van der Waals surface area contributed by atoms with E-state index in [1.807, 2.05) is 46.1 Å². The Hall–Kier alpha value is -3.73. The van der Waals surface area contributed by atoms with Crippen molar-refractivity contribution in [2.75, 3.05) is 36.5 Å². The van der Waals surface area contributed by atoms with Gasteiger partial charge < -0.3 is 19.5 Å². The molecule has 1 aromatic carbocycles. The lowest BCUT2D eigenvalue weighted by atomic mass is 9.89. The van der Waals surface area contributed by atoms with Crippen molar-refractivity contribution in [1.29, 1.82) is 0 Å². The first-order chi connectivity index (χ1) is 21.1. The topological polar surface area (TPSA) is 84.6 Å². The van der Waals surface area contributed by atoms with Crippen LogP contribution in [0.25, 0.3) is 11.1 Å². The molecule has 6 heterocycles. The fourth-order valence-electron chi connectivity index (χ4n) is 7.27. The molecule has 1 amide bonds. The van der Waals surface area contributed by atoms with Crippen molar-refractivity contribution in [3.8, 4) is 11.1 Å². The Morgan fingerprint density at radius 3 is 2.73 bits per heavy atom. The number of nitrogens with zero attached hydrogens (tertiary/aromatic N) is 5. The number of aryl methyl sites for hydroxylation is 1. The SMILES string of the molecule is [CH2]c1c(-c2cc(Nc3cc4n(n3)CCN(C3COC3)C4)c(=O)n(C)c2)cccc1N1CCc2c(sc3c2CC(C)(C)C3)C1=O. The Bertz CT molecular complexity index is 1880. The molecule has 4 aromatic rings. The third-order valence-corrected chi connectivity index (χ3v) is 10.9. The van der Waals surface area contributed by atoms with E-state index in [1.165, 1.54) is 16.0 Å². The minimum atomic E-state index is -0.137. The number of carbonyl (C=O) groups is 1. The summed E-state index contributed by atoms with van der Waals surface area (Å²) in [5.74, 6) is 0.728. The highest BCUT2D eigenvalue weighted by molar-refractivity contribution is 7.14. The van der Waals surface area contributed by atoms with Crippen LogP contribution in [0.3, 0.4) is 0 Å². The molecule has 4 aliphatic rings. The van der Waals surface area contributed by atoms with Gasteiger partial charge in [0, 0.05) is 55.1 Å². The lowest BCUT2D eigenvalue weighted by Gasteiger charge is -2.39. The quantitative estimate of drug-likeness (QED) is 0.351. The number of fused-ring (bicyclic) bond motifs is 4. The number of carbonyl (C=O) groups excluding carboxylic acids is 1. The Labute approximate surface area is 261 Å². The average Bonchev–Trinajstić information content (AvgIpc) is 3.60. The third-order valence-electron chi connectivity index (χ3n) is 9.68. The highest BCUT2D eigenvalue weighted by atomic mass is 32.1. The zero-order valence-electron chi connectivity index (χ0n) is 25.5. The first-order valence-electron chi connectivity index (χ1n) is 15.4. The molecule has 1 aliphatic carbocycles. The molecule has 0 saturated carbocycles. The summed E-state index contributed by atoms with van der Waals surface area (Å²) in [5, 5.41) is 8.05. The van der Waals surface area contributed by atoms with Gasteiger partial charge in [0.1, 0.15) is 5.69 Å². The number of nitrogens with one attached hydrogen (secondary N) is 1. The lowest BCUT2D eigenvalue weighted by Crippen LogP contribution is -2.51. The van der Waals surface area contributed by atoms with Crippen molar-refractivity contribution in [3.05, 3.63) is 85.9 Å². The van der Waals surface area contributed by atoms with Crippen LogP contribution in [0, 0.1) is 12.3 Å². The zero-order chi connectivity index (χ0) is 30.3. The maximum absolute atomic E-state index is 13.8. The number of benzene rings is 1. The number of hydrogen-bond donors (Lipinski definition) is 1. The minimum Gasteiger partial charge on any atom is -0.378 e. The number of thiophene rings is 1. The van der Waals surface area contributed by atoms with E-state index in [0.29, 0.717) is 24.1 Å². The van der Waals surface area contributed by atoms with Crippen LogP contribution in [0.15, 0.2) is 41.3 Å². The molecular weight excluding hydrogens is 572 g/mol. The number of pyridine rings is 1. The van der Waals surface area contributed by atoms with E-state index in [9.17, 15) is 9.59 Å². The summed E-state index contributed by atoms with van der Waals surface area (Å²) in [4.78, 5) is 33.7. The fraction of sp³-hybridized carbons (Fsp3) is 0.412. The van der Waals surface area contributed by atoms with Crippen molar-refractivity contribution in [1.82, 2.24) is 19.2 Å². The Kier molecular flexibility index (Phi) is 6.41. The van der Waals surface area contributed by atoms with Crippen molar-refractivity contribution in [2.24, 2.45) is 12.5 Å². The standard InChI is InChI=1S/C34H37N6O3S/c1-20-24(6-5-7-28(20)39-9-8-25-26-14-34(2,3)15-29(26)44-31(25)33(39)42)21-12-27(32(41)37(4)16-21)35-30-13-22-17-38(23-18-43-19-23)10-11-40(22)36-30/h5-7,12-13,16,23H,1,8-11,14-15,17-19H2,2-4H3,(H,35,36). The van der Waals surface area contributed by atoms with Crippen molar-refractivity contribution in [3.63, 3.8) is 0 Å². The molecule has 0 unspecified atom stereocenters. The summed E-state index contributed by atoms with van der Waals surface area (Å²) >= 11 is 1.69. The second-order valence-corrected chi connectivity index (χ2v) is 14.5. The minimum absolute atomic E-state index is 0.0699. The molecule has 1 N–H and O–H groups in total. The largest absolute Gasteiger partial charge is 0.378 e. The molecule has 3 aromatic heterocycles. The summed E-state index contributed by atoms with van der Waals surface area (Å²) < 4.78 is 8.99. The molecule has 1 saturated heterocycles. The van der Waals surface area contributed by atoms with Crippen LogP contribution in [-0.4, -0.2) is 57.5 Å².